The SMILES string of the molecule is C=C([O-])CCC.C=C([O-])CCC.[Pt+2]. The van der Waals surface area contributed by atoms with Crippen LogP contribution in [0.1, 0.15) is 39.5 Å². The van der Waals surface area contributed by atoms with Gasteiger partial charge in [0, 0.05) is 0 Å². The molecule has 0 amide bonds. The Bertz CT molecular complexity index is 117. The minimum atomic E-state index is 0. The van der Waals surface area contributed by atoms with Crippen molar-refractivity contribution in [2.75, 3.05) is 0 Å². The molecule has 13 heavy (non-hydrogen) atoms. The molecule has 0 aliphatic rings. The molecule has 0 aliphatic carbocycles. The van der Waals surface area contributed by atoms with Crippen LogP contribution in [0.5, 0.6) is 0 Å². The van der Waals surface area contributed by atoms with E-state index in [0.29, 0.717) is 12.8 Å². The van der Waals surface area contributed by atoms with E-state index < -0.39 is 0 Å². The number of rotatable bonds is 4. The Morgan fingerprint density at radius 1 is 0.923 bits per heavy atom. The molecular weight excluding hydrogens is 347 g/mol. The fourth-order valence-corrected chi connectivity index (χ4v) is 0.558. The largest absolute Gasteiger partial charge is 2.00 e. The molecule has 0 bridgehead atoms. The van der Waals surface area contributed by atoms with E-state index in [0.717, 1.165) is 12.8 Å². The molecule has 0 atom stereocenters. The molecule has 0 N–H and O–H groups in total. The van der Waals surface area contributed by atoms with Crippen LogP contribution in [-0.4, -0.2) is 0 Å². The number of allylic oxidation sites excluding steroid dienone is 2. The predicted molar refractivity (Wildman–Crippen MR) is 48.1 cm³/mol. The summed E-state index contributed by atoms with van der Waals surface area (Å²) in [6.45, 7) is 10.3. The summed E-state index contributed by atoms with van der Waals surface area (Å²) in [4.78, 5) is 0. The minimum Gasteiger partial charge on any atom is -0.876 e. The summed E-state index contributed by atoms with van der Waals surface area (Å²) in [5, 5.41) is 19.9. The van der Waals surface area contributed by atoms with E-state index in [4.69, 9.17) is 0 Å². The van der Waals surface area contributed by atoms with E-state index in [1.54, 1.807) is 0 Å². The molecule has 3 heteroatoms. The maximum atomic E-state index is 9.93. The first-order chi connectivity index (χ1) is 5.54. The standard InChI is InChI=1S/2C5H10O.Pt/c2*1-3-4-5(2)6;/h2*6H,2-4H2,1H3;/q;;+2/p-2. The molecule has 0 saturated heterocycles. The van der Waals surface area contributed by atoms with Crippen LogP contribution in [0.3, 0.4) is 0 Å². The summed E-state index contributed by atoms with van der Waals surface area (Å²) in [5.41, 5.74) is 0. The third-order valence-corrected chi connectivity index (χ3v) is 1.06. The molecule has 0 rings (SSSR count). The molecule has 0 fully saturated rings. The predicted octanol–water partition coefficient (Wildman–Crippen LogP) is 1.32. The van der Waals surface area contributed by atoms with Gasteiger partial charge >= 0.3 is 21.1 Å². The summed E-state index contributed by atoms with van der Waals surface area (Å²) in [5.74, 6) is 0.0787. The van der Waals surface area contributed by atoms with Crippen LogP contribution in [-0.2, 0) is 21.1 Å². The summed E-state index contributed by atoms with van der Waals surface area (Å²) in [7, 11) is 0. The van der Waals surface area contributed by atoms with Crippen molar-refractivity contribution in [3.63, 3.8) is 0 Å². The van der Waals surface area contributed by atoms with Crippen molar-refractivity contribution in [1.29, 1.82) is 0 Å². The molecule has 0 aromatic heterocycles. The maximum absolute atomic E-state index is 9.93. The fraction of sp³-hybridized carbons (Fsp3) is 0.600. The smallest absolute Gasteiger partial charge is 0.876 e. The normalized spacial score (nSPS) is 7.54. The van der Waals surface area contributed by atoms with Gasteiger partial charge < -0.3 is 10.2 Å². The zero-order valence-electron chi connectivity index (χ0n) is 8.38. The summed E-state index contributed by atoms with van der Waals surface area (Å²) >= 11 is 0. The Morgan fingerprint density at radius 2 is 1.15 bits per heavy atom. The second-order valence-corrected chi connectivity index (χ2v) is 2.58. The van der Waals surface area contributed by atoms with Crippen molar-refractivity contribution < 1.29 is 31.3 Å². The summed E-state index contributed by atoms with van der Waals surface area (Å²) in [6, 6.07) is 0. The first-order valence-corrected chi connectivity index (χ1v) is 4.24. The van der Waals surface area contributed by atoms with E-state index in [1.807, 2.05) is 13.8 Å². The van der Waals surface area contributed by atoms with Gasteiger partial charge in [0.05, 0.1) is 0 Å². The van der Waals surface area contributed by atoms with E-state index >= 15 is 0 Å². The molecule has 0 saturated carbocycles. The molecule has 0 aromatic rings. The van der Waals surface area contributed by atoms with Gasteiger partial charge in [-0.2, -0.15) is 0 Å². The summed E-state index contributed by atoms with van der Waals surface area (Å²) < 4.78 is 0. The maximum Gasteiger partial charge on any atom is 2.00 e. The number of hydrogen-bond acceptors (Lipinski definition) is 2. The van der Waals surface area contributed by atoms with Crippen molar-refractivity contribution >= 4 is 0 Å². The van der Waals surface area contributed by atoms with Crippen LogP contribution in [0.15, 0.2) is 24.7 Å². The van der Waals surface area contributed by atoms with E-state index in [9.17, 15) is 10.2 Å². The molecule has 80 valence electrons. The summed E-state index contributed by atoms with van der Waals surface area (Å²) in [6.07, 6.45) is 3.09. The molecule has 0 unspecified atom stereocenters. The van der Waals surface area contributed by atoms with Crippen LogP contribution in [0.25, 0.3) is 0 Å². The Morgan fingerprint density at radius 3 is 1.15 bits per heavy atom. The number of hydrogen-bond donors (Lipinski definition) is 0. The van der Waals surface area contributed by atoms with Gasteiger partial charge in [-0.1, -0.05) is 26.7 Å². The van der Waals surface area contributed by atoms with Gasteiger partial charge in [0.15, 0.2) is 0 Å². The average molecular weight is 365 g/mol. The van der Waals surface area contributed by atoms with Crippen LogP contribution in [0.4, 0.5) is 0 Å². The van der Waals surface area contributed by atoms with Gasteiger partial charge in [0.2, 0.25) is 0 Å². The molecule has 2 nitrogen and oxygen atoms in total. The quantitative estimate of drug-likeness (QED) is 0.706. The topological polar surface area (TPSA) is 46.1 Å². The molecular formula is C10H18O2Pt. The van der Waals surface area contributed by atoms with Crippen molar-refractivity contribution in [1.82, 2.24) is 0 Å². The van der Waals surface area contributed by atoms with Crippen LogP contribution >= 0.6 is 0 Å². The third-order valence-electron chi connectivity index (χ3n) is 1.06. The molecule has 0 spiro atoms. The first kappa shape index (κ1) is 18.5. The molecule has 0 heterocycles. The van der Waals surface area contributed by atoms with Crippen LogP contribution in [0, 0.1) is 0 Å². The van der Waals surface area contributed by atoms with Gasteiger partial charge in [0.25, 0.3) is 0 Å². The minimum absolute atomic E-state index is 0. The van der Waals surface area contributed by atoms with Crippen molar-refractivity contribution in [3.8, 4) is 0 Å². The van der Waals surface area contributed by atoms with Crippen LogP contribution in [0.2, 0.25) is 0 Å². The molecule has 0 aromatic carbocycles. The van der Waals surface area contributed by atoms with Crippen LogP contribution < -0.4 is 10.2 Å². The zero-order chi connectivity index (χ0) is 9.98. The zero-order valence-corrected chi connectivity index (χ0v) is 10.6. The monoisotopic (exact) mass is 365 g/mol. The Kier molecular flexibility index (Phi) is 20.4. The van der Waals surface area contributed by atoms with Gasteiger partial charge in [0.1, 0.15) is 0 Å². The second-order valence-electron chi connectivity index (χ2n) is 2.58. The second kappa shape index (κ2) is 14.3. The molecule has 0 aliphatic heterocycles. The Hall–Kier alpha value is -0.232. The first-order valence-electron chi connectivity index (χ1n) is 4.24. The van der Waals surface area contributed by atoms with Gasteiger partial charge in [-0.25, -0.2) is 0 Å². The fourth-order valence-electron chi connectivity index (χ4n) is 0.558. The van der Waals surface area contributed by atoms with Gasteiger partial charge in [-0.05, 0) is 12.8 Å². The van der Waals surface area contributed by atoms with E-state index in [2.05, 4.69) is 13.2 Å². The van der Waals surface area contributed by atoms with Gasteiger partial charge in [-0.3, -0.25) is 0 Å². The van der Waals surface area contributed by atoms with Crippen molar-refractivity contribution in [3.05, 3.63) is 24.7 Å². The van der Waals surface area contributed by atoms with E-state index in [-0.39, 0.29) is 32.6 Å². The Balaban J connectivity index is -0.000000143. The Labute approximate surface area is 95.6 Å². The van der Waals surface area contributed by atoms with Crippen molar-refractivity contribution in [2.24, 2.45) is 0 Å². The molecule has 0 radical (unpaired) electrons. The van der Waals surface area contributed by atoms with E-state index in [1.165, 1.54) is 0 Å². The average Bonchev–Trinajstić information content (AvgIpc) is 1.87. The van der Waals surface area contributed by atoms with Gasteiger partial charge in [-0.15, -0.1) is 24.7 Å². The van der Waals surface area contributed by atoms with Crippen molar-refractivity contribution in [2.45, 2.75) is 39.5 Å². The third kappa shape index (κ3) is 33.7.